The van der Waals surface area contributed by atoms with E-state index in [4.69, 9.17) is 6.42 Å². The number of benzene rings is 2. The van der Waals surface area contributed by atoms with Crippen LogP contribution < -0.4 is 10.6 Å². The number of aldehydes is 1. The quantitative estimate of drug-likeness (QED) is 0.335. The maximum atomic E-state index is 13.5. The van der Waals surface area contributed by atoms with Gasteiger partial charge in [0.25, 0.3) is 0 Å². The molecule has 0 spiro atoms. The van der Waals surface area contributed by atoms with Crippen molar-refractivity contribution in [3.63, 3.8) is 0 Å². The molecule has 2 aromatic rings. The standard InChI is InChI=1S/C31H38N6O3/c1-5-17-35(31(40)33-3)36-21-30(39)37(27(22-38)18-23-13-15-26(32-2)16-14-23)29(36)20-34(4)19-25-11-8-10-24-9-6-7-12-28(24)25/h1,6-7,9,11-16,22,27,29,32H,8,10,17-21H2,2-4H3,(H,33,40)/t27?,29-/m1/s1. The van der Waals surface area contributed by atoms with Crippen molar-refractivity contribution in [3.05, 3.63) is 71.3 Å². The molecule has 0 bridgehead atoms. The Morgan fingerprint density at radius 3 is 2.62 bits per heavy atom. The molecule has 2 aromatic carbocycles. The molecule has 1 aliphatic heterocycles. The highest BCUT2D eigenvalue weighted by molar-refractivity contribution is 5.85. The first kappa shape index (κ1) is 28.9. The van der Waals surface area contributed by atoms with Gasteiger partial charge in [-0.25, -0.2) is 9.80 Å². The van der Waals surface area contributed by atoms with Crippen LogP contribution in [0.5, 0.6) is 0 Å². The van der Waals surface area contributed by atoms with Crippen LogP contribution in [0.2, 0.25) is 0 Å². The fraction of sp³-hybridized carbons (Fsp3) is 0.387. The first-order chi connectivity index (χ1) is 19.4. The Morgan fingerprint density at radius 1 is 1.20 bits per heavy atom. The maximum absolute atomic E-state index is 13.5. The van der Waals surface area contributed by atoms with E-state index in [1.807, 2.05) is 38.4 Å². The van der Waals surface area contributed by atoms with Gasteiger partial charge < -0.3 is 20.3 Å². The number of hydrogen-bond donors (Lipinski definition) is 2. The van der Waals surface area contributed by atoms with Crippen molar-refractivity contribution in [2.45, 2.75) is 31.5 Å². The maximum Gasteiger partial charge on any atom is 0.332 e. The van der Waals surface area contributed by atoms with Crippen LogP contribution >= 0.6 is 0 Å². The normalized spacial score (nSPS) is 17.6. The molecule has 1 aliphatic carbocycles. The predicted molar refractivity (Wildman–Crippen MR) is 157 cm³/mol. The Bertz CT molecular complexity index is 1280. The SMILES string of the molecule is C#CCN(C(=O)NC)N1CC(=O)N(C(C=O)Cc2ccc(NC)cc2)[C@@H]1CN(C)CC1=CCCc2ccccc21. The minimum atomic E-state index is -0.705. The summed E-state index contributed by atoms with van der Waals surface area (Å²) in [6.45, 7) is 1.01. The Hall–Kier alpha value is -4.13. The zero-order valence-corrected chi connectivity index (χ0v) is 23.5. The molecule has 3 amide bonds. The minimum absolute atomic E-state index is 0.00320. The third kappa shape index (κ3) is 6.36. The number of allylic oxidation sites excluding steroid dienone is 1. The lowest BCUT2D eigenvalue weighted by Gasteiger charge is -2.39. The molecule has 1 fully saturated rings. The molecular formula is C31H38N6O3. The highest BCUT2D eigenvalue weighted by Crippen LogP contribution is 2.28. The molecule has 1 heterocycles. The van der Waals surface area contributed by atoms with E-state index in [-0.39, 0.29) is 19.0 Å². The first-order valence-electron chi connectivity index (χ1n) is 13.6. The minimum Gasteiger partial charge on any atom is -0.388 e. The average Bonchev–Trinajstić information content (AvgIpc) is 3.29. The fourth-order valence-electron chi connectivity index (χ4n) is 5.57. The zero-order chi connectivity index (χ0) is 28.6. The van der Waals surface area contributed by atoms with Crippen molar-refractivity contribution in [1.29, 1.82) is 0 Å². The summed E-state index contributed by atoms with van der Waals surface area (Å²) in [5, 5.41) is 8.79. The molecule has 0 aromatic heterocycles. The Kier molecular flexibility index (Phi) is 9.59. The summed E-state index contributed by atoms with van der Waals surface area (Å²) in [6, 6.07) is 15.1. The van der Waals surface area contributed by atoms with Crippen molar-refractivity contribution >= 4 is 29.5 Å². The second kappa shape index (κ2) is 13.3. The van der Waals surface area contributed by atoms with Gasteiger partial charge in [0, 0.05) is 32.9 Å². The lowest BCUT2D eigenvalue weighted by atomic mass is 9.90. The Labute approximate surface area is 236 Å². The fourth-order valence-corrected chi connectivity index (χ4v) is 5.57. The third-order valence-corrected chi connectivity index (χ3v) is 7.53. The van der Waals surface area contributed by atoms with Gasteiger partial charge in [-0.05, 0) is 60.7 Å². The molecule has 4 rings (SSSR count). The highest BCUT2D eigenvalue weighted by Gasteiger charge is 2.45. The van der Waals surface area contributed by atoms with Gasteiger partial charge in [0.1, 0.15) is 12.5 Å². The summed E-state index contributed by atoms with van der Waals surface area (Å²) in [6.07, 6.45) is 10.5. The van der Waals surface area contributed by atoms with Crippen molar-refractivity contribution in [2.75, 3.05) is 52.6 Å². The van der Waals surface area contributed by atoms with Gasteiger partial charge in [0.2, 0.25) is 5.91 Å². The molecule has 0 saturated carbocycles. The molecule has 9 heteroatoms. The van der Waals surface area contributed by atoms with Gasteiger partial charge >= 0.3 is 6.03 Å². The number of nitrogens with zero attached hydrogens (tertiary/aromatic N) is 4. The van der Waals surface area contributed by atoms with Crippen molar-refractivity contribution in [1.82, 2.24) is 25.1 Å². The molecule has 210 valence electrons. The van der Waals surface area contributed by atoms with E-state index in [0.29, 0.717) is 19.5 Å². The average molecular weight is 543 g/mol. The lowest BCUT2D eigenvalue weighted by Crippen LogP contribution is -2.58. The van der Waals surface area contributed by atoms with Crippen molar-refractivity contribution in [2.24, 2.45) is 0 Å². The van der Waals surface area contributed by atoms with Gasteiger partial charge in [-0.3, -0.25) is 9.69 Å². The number of carbonyl (C=O) groups is 3. The number of hydrogen-bond acceptors (Lipinski definition) is 6. The van der Waals surface area contributed by atoms with Crippen LogP contribution in [0.1, 0.15) is 23.1 Å². The summed E-state index contributed by atoms with van der Waals surface area (Å²) in [5.74, 6) is 2.30. The number of terminal acetylenes is 1. The van der Waals surface area contributed by atoms with Crippen molar-refractivity contribution < 1.29 is 14.4 Å². The van der Waals surface area contributed by atoms with Crippen LogP contribution in [0.4, 0.5) is 10.5 Å². The number of fused-ring (bicyclic) bond motifs is 1. The number of carbonyl (C=O) groups excluding carboxylic acids is 3. The van der Waals surface area contributed by atoms with Gasteiger partial charge in [0.15, 0.2) is 0 Å². The number of urea groups is 1. The molecule has 1 unspecified atom stereocenters. The van der Waals surface area contributed by atoms with Gasteiger partial charge in [-0.1, -0.05) is 48.4 Å². The van der Waals surface area contributed by atoms with E-state index < -0.39 is 18.2 Å². The number of aryl methyl sites for hydroxylation is 1. The number of rotatable bonds is 11. The highest BCUT2D eigenvalue weighted by atomic mass is 16.2. The van der Waals surface area contributed by atoms with E-state index in [1.165, 1.54) is 28.8 Å². The van der Waals surface area contributed by atoms with E-state index in [9.17, 15) is 14.4 Å². The number of likely N-dealkylation sites (N-methyl/N-ethyl adjacent to an activating group) is 1. The summed E-state index contributed by atoms with van der Waals surface area (Å²) in [4.78, 5) is 42.6. The van der Waals surface area contributed by atoms with Gasteiger partial charge in [-0.15, -0.1) is 6.42 Å². The summed E-state index contributed by atoms with van der Waals surface area (Å²) in [5.41, 5.74) is 5.70. The summed E-state index contributed by atoms with van der Waals surface area (Å²) < 4.78 is 0. The largest absolute Gasteiger partial charge is 0.388 e. The van der Waals surface area contributed by atoms with Crippen LogP contribution in [-0.2, 0) is 22.4 Å². The van der Waals surface area contributed by atoms with Crippen molar-refractivity contribution in [3.8, 4) is 12.3 Å². The number of amides is 3. The molecule has 1 saturated heterocycles. The second-order valence-electron chi connectivity index (χ2n) is 10.2. The number of hydrazine groups is 1. The monoisotopic (exact) mass is 542 g/mol. The molecular weight excluding hydrogens is 504 g/mol. The van der Waals surface area contributed by atoms with Crippen LogP contribution in [0.3, 0.4) is 0 Å². The third-order valence-electron chi connectivity index (χ3n) is 7.53. The molecule has 2 aliphatic rings. The zero-order valence-electron chi connectivity index (χ0n) is 23.5. The first-order valence-corrected chi connectivity index (χ1v) is 13.6. The predicted octanol–water partition coefficient (Wildman–Crippen LogP) is 2.46. The Morgan fingerprint density at radius 2 is 1.95 bits per heavy atom. The van der Waals surface area contributed by atoms with Crippen LogP contribution in [-0.4, -0.2) is 97.6 Å². The van der Waals surface area contributed by atoms with Gasteiger partial charge in [-0.2, -0.15) is 5.01 Å². The lowest BCUT2D eigenvalue weighted by molar-refractivity contribution is -0.134. The number of nitrogens with one attached hydrogen (secondary N) is 2. The molecule has 2 atom stereocenters. The van der Waals surface area contributed by atoms with E-state index >= 15 is 0 Å². The second-order valence-corrected chi connectivity index (χ2v) is 10.2. The van der Waals surface area contributed by atoms with E-state index in [0.717, 1.165) is 30.4 Å². The molecule has 40 heavy (non-hydrogen) atoms. The molecule has 0 radical (unpaired) electrons. The van der Waals surface area contributed by atoms with Gasteiger partial charge in [0.05, 0.1) is 19.1 Å². The van der Waals surface area contributed by atoms with Crippen LogP contribution in [0, 0.1) is 12.3 Å². The van der Waals surface area contributed by atoms with E-state index in [2.05, 4.69) is 51.8 Å². The van der Waals surface area contributed by atoms with Crippen LogP contribution in [0.25, 0.3) is 5.57 Å². The summed E-state index contributed by atoms with van der Waals surface area (Å²) in [7, 11) is 5.37. The van der Waals surface area contributed by atoms with Crippen LogP contribution in [0.15, 0.2) is 54.6 Å². The topological polar surface area (TPSA) is 88.2 Å². The molecule has 2 N–H and O–H groups in total. The number of anilines is 1. The smallest absolute Gasteiger partial charge is 0.332 e. The molecule has 9 nitrogen and oxygen atoms in total. The summed E-state index contributed by atoms with van der Waals surface area (Å²) >= 11 is 0. The van der Waals surface area contributed by atoms with E-state index in [1.54, 1.807) is 9.91 Å². The Balaban J connectivity index is 1.62.